The first-order valence-electron chi connectivity index (χ1n) is 8.98. The number of amides is 1. The lowest BCUT2D eigenvalue weighted by atomic mass is 10.2. The molecule has 1 N–H and O–H groups in total. The quantitative estimate of drug-likeness (QED) is 0.732. The van der Waals surface area contributed by atoms with Crippen molar-refractivity contribution in [1.82, 2.24) is 9.21 Å². The van der Waals surface area contributed by atoms with Crippen molar-refractivity contribution in [2.75, 3.05) is 19.6 Å². The molecule has 1 aliphatic heterocycles. The average Bonchev–Trinajstić information content (AvgIpc) is 3.08. The number of carbonyl (C=O) groups excluding carboxylic acids is 1. The molecule has 1 aromatic heterocycles. The number of carboxylic acids is 1. The van der Waals surface area contributed by atoms with Crippen molar-refractivity contribution in [2.45, 2.75) is 50.2 Å². The van der Waals surface area contributed by atoms with Gasteiger partial charge in [0, 0.05) is 19.6 Å². The lowest BCUT2D eigenvalue weighted by Crippen LogP contribution is -2.48. The highest BCUT2D eigenvalue weighted by Crippen LogP contribution is 2.32. The van der Waals surface area contributed by atoms with Crippen molar-refractivity contribution in [3.05, 3.63) is 17.9 Å². The molecule has 3 rings (SSSR count). The monoisotopic (exact) mass is 384 g/mol. The van der Waals surface area contributed by atoms with Crippen LogP contribution < -0.4 is 0 Å². The predicted molar refractivity (Wildman–Crippen MR) is 92.2 cm³/mol. The van der Waals surface area contributed by atoms with Crippen LogP contribution in [-0.4, -0.2) is 60.3 Å². The number of carboxylic acid groups (broad SMARTS) is 1. The Morgan fingerprint density at radius 1 is 1.31 bits per heavy atom. The van der Waals surface area contributed by atoms with Crippen LogP contribution in [0.3, 0.4) is 0 Å². The van der Waals surface area contributed by atoms with Gasteiger partial charge in [-0.25, -0.2) is 13.2 Å². The van der Waals surface area contributed by atoms with Crippen LogP contribution in [0.5, 0.6) is 0 Å². The maximum absolute atomic E-state index is 13.0. The third-order valence-corrected chi connectivity index (χ3v) is 6.61. The van der Waals surface area contributed by atoms with Gasteiger partial charge in [-0.05, 0) is 50.2 Å². The number of hydrogen-bond acceptors (Lipinski definition) is 5. The number of carbonyl (C=O) groups is 2. The van der Waals surface area contributed by atoms with Gasteiger partial charge in [0.15, 0.2) is 0 Å². The minimum Gasteiger partial charge on any atom is -0.475 e. The molecule has 0 bridgehead atoms. The van der Waals surface area contributed by atoms with E-state index in [1.54, 1.807) is 4.90 Å². The molecule has 1 aromatic rings. The van der Waals surface area contributed by atoms with Gasteiger partial charge in [0.25, 0.3) is 10.0 Å². The highest BCUT2D eigenvalue weighted by molar-refractivity contribution is 7.89. The molecule has 1 saturated carbocycles. The van der Waals surface area contributed by atoms with E-state index >= 15 is 0 Å². The van der Waals surface area contributed by atoms with Crippen molar-refractivity contribution in [3.8, 4) is 0 Å². The van der Waals surface area contributed by atoms with Crippen molar-refractivity contribution >= 4 is 21.9 Å². The number of rotatable bonds is 8. The third kappa shape index (κ3) is 3.78. The Hall–Kier alpha value is -1.87. The van der Waals surface area contributed by atoms with Gasteiger partial charge >= 0.3 is 5.97 Å². The number of furan rings is 1. The van der Waals surface area contributed by atoms with Crippen molar-refractivity contribution < 1.29 is 27.5 Å². The Bertz CT molecular complexity index is 783. The summed E-state index contributed by atoms with van der Waals surface area (Å²) < 4.78 is 31.9. The van der Waals surface area contributed by atoms with Gasteiger partial charge < -0.3 is 14.4 Å². The molecule has 1 amide bonds. The SMILES string of the molecule is CCCN(CC1CC1)C(=O)C1CCCN1S(=O)(=O)c1ccc(C(=O)O)o1. The van der Waals surface area contributed by atoms with E-state index in [0.717, 1.165) is 35.7 Å². The second kappa shape index (κ2) is 7.40. The largest absolute Gasteiger partial charge is 0.475 e. The van der Waals surface area contributed by atoms with Gasteiger partial charge in [0.05, 0.1) is 0 Å². The molecular weight excluding hydrogens is 360 g/mol. The topological polar surface area (TPSA) is 108 Å². The summed E-state index contributed by atoms with van der Waals surface area (Å²) in [5.41, 5.74) is 0. The van der Waals surface area contributed by atoms with E-state index < -0.39 is 32.9 Å². The summed E-state index contributed by atoms with van der Waals surface area (Å²) in [7, 11) is -4.05. The minimum atomic E-state index is -4.05. The summed E-state index contributed by atoms with van der Waals surface area (Å²) in [6.07, 6.45) is 4.11. The zero-order valence-electron chi connectivity index (χ0n) is 14.8. The van der Waals surface area contributed by atoms with Gasteiger partial charge in [0.2, 0.25) is 16.8 Å². The average molecular weight is 384 g/mol. The molecule has 144 valence electrons. The molecule has 1 saturated heterocycles. The van der Waals surface area contributed by atoms with E-state index in [2.05, 4.69) is 0 Å². The molecular formula is C17H24N2O6S. The summed E-state index contributed by atoms with van der Waals surface area (Å²) in [6, 6.07) is 1.49. The summed E-state index contributed by atoms with van der Waals surface area (Å²) in [6.45, 7) is 3.52. The van der Waals surface area contributed by atoms with Gasteiger partial charge in [0.1, 0.15) is 6.04 Å². The lowest BCUT2D eigenvalue weighted by molar-refractivity contribution is -0.135. The van der Waals surface area contributed by atoms with Gasteiger partial charge in [-0.1, -0.05) is 6.92 Å². The molecule has 0 aromatic carbocycles. The van der Waals surface area contributed by atoms with Gasteiger partial charge in [-0.15, -0.1) is 0 Å². The fourth-order valence-corrected chi connectivity index (χ4v) is 4.91. The fourth-order valence-electron chi connectivity index (χ4n) is 3.35. The highest BCUT2D eigenvalue weighted by Gasteiger charge is 2.43. The second-order valence-corrected chi connectivity index (χ2v) is 8.75. The Balaban J connectivity index is 1.81. The van der Waals surface area contributed by atoms with Crippen LogP contribution in [-0.2, 0) is 14.8 Å². The van der Waals surface area contributed by atoms with E-state index in [1.165, 1.54) is 0 Å². The van der Waals surface area contributed by atoms with E-state index in [0.29, 0.717) is 31.8 Å². The Morgan fingerprint density at radius 2 is 2.04 bits per heavy atom. The normalized spacial score (nSPS) is 21.0. The van der Waals surface area contributed by atoms with Crippen LogP contribution in [0.25, 0.3) is 0 Å². The second-order valence-electron chi connectivity index (χ2n) is 6.93. The van der Waals surface area contributed by atoms with Crippen molar-refractivity contribution in [1.29, 1.82) is 0 Å². The molecule has 8 nitrogen and oxygen atoms in total. The fraction of sp³-hybridized carbons (Fsp3) is 0.647. The standard InChI is InChI=1S/C17H24N2O6S/c1-2-9-18(11-12-5-6-12)16(20)13-4-3-10-19(13)26(23,24)15-8-7-14(25-15)17(21)22/h7-8,12-13H,2-6,9-11H2,1H3,(H,21,22). The molecule has 2 aliphatic rings. The minimum absolute atomic E-state index is 0.162. The number of hydrogen-bond donors (Lipinski definition) is 1. The summed E-state index contributed by atoms with van der Waals surface area (Å²) in [4.78, 5) is 25.7. The molecule has 26 heavy (non-hydrogen) atoms. The number of aromatic carboxylic acids is 1. The van der Waals surface area contributed by atoms with E-state index in [-0.39, 0.29) is 12.5 Å². The third-order valence-electron chi connectivity index (χ3n) is 4.82. The molecule has 0 radical (unpaired) electrons. The van der Waals surface area contributed by atoms with E-state index in [9.17, 15) is 18.0 Å². The van der Waals surface area contributed by atoms with Crippen LogP contribution in [0, 0.1) is 5.92 Å². The summed E-state index contributed by atoms with van der Waals surface area (Å²) in [5, 5.41) is 8.50. The van der Waals surface area contributed by atoms with Crippen LogP contribution in [0.2, 0.25) is 0 Å². The molecule has 2 heterocycles. The zero-order valence-corrected chi connectivity index (χ0v) is 15.6. The molecule has 2 fully saturated rings. The maximum Gasteiger partial charge on any atom is 0.371 e. The first kappa shape index (κ1) is 18.9. The summed E-state index contributed by atoms with van der Waals surface area (Å²) in [5.74, 6) is -1.41. The first-order valence-corrected chi connectivity index (χ1v) is 10.4. The van der Waals surface area contributed by atoms with E-state index in [4.69, 9.17) is 9.52 Å². The Labute approximate surface area is 152 Å². The molecule has 1 aliphatic carbocycles. The smallest absolute Gasteiger partial charge is 0.371 e. The van der Waals surface area contributed by atoms with Crippen LogP contribution >= 0.6 is 0 Å². The van der Waals surface area contributed by atoms with Crippen LogP contribution in [0.15, 0.2) is 21.6 Å². The van der Waals surface area contributed by atoms with Crippen molar-refractivity contribution in [2.24, 2.45) is 5.92 Å². The molecule has 9 heteroatoms. The molecule has 1 unspecified atom stereocenters. The van der Waals surface area contributed by atoms with Gasteiger partial charge in [-0.3, -0.25) is 4.79 Å². The maximum atomic E-state index is 13.0. The molecule has 0 spiro atoms. The summed E-state index contributed by atoms with van der Waals surface area (Å²) >= 11 is 0. The van der Waals surface area contributed by atoms with Crippen LogP contribution in [0.1, 0.15) is 49.6 Å². The van der Waals surface area contributed by atoms with E-state index in [1.807, 2.05) is 6.92 Å². The first-order chi connectivity index (χ1) is 12.3. The zero-order chi connectivity index (χ0) is 18.9. The van der Waals surface area contributed by atoms with Crippen molar-refractivity contribution in [3.63, 3.8) is 0 Å². The van der Waals surface area contributed by atoms with Crippen LogP contribution in [0.4, 0.5) is 0 Å². The number of nitrogens with zero attached hydrogens (tertiary/aromatic N) is 2. The molecule has 1 atom stereocenters. The lowest BCUT2D eigenvalue weighted by Gasteiger charge is -2.29. The Morgan fingerprint density at radius 3 is 2.62 bits per heavy atom. The highest BCUT2D eigenvalue weighted by atomic mass is 32.2. The number of sulfonamides is 1. The Kier molecular flexibility index (Phi) is 5.38. The van der Waals surface area contributed by atoms with Gasteiger partial charge in [-0.2, -0.15) is 4.31 Å². The predicted octanol–water partition coefficient (Wildman–Crippen LogP) is 1.78.